The molecule has 2 aliphatic rings. The molecule has 0 bridgehead atoms. The Morgan fingerprint density at radius 3 is 2.37 bits per heavy atom. The number of rotatable bonds is 6. The number of urea groups is 1. The van der Waals surface area contributed by atoms with Gasteiger partial charge in [-0.3, -0.25) is 4.79 Å². The number of benzene rings is 1. The Morgan fingerprint density at radius 2 is 1.63 bits per heavy atom. The van der Waals surface area contributed by atoms with Crippen molar-refractivity contribution in [1.29, 1.82) is 0 Å². The van der Waals surface area contributed by atoms with Crippen molar-refractivity contribution in [3.63, 3.8) is 0 Å². The molecule has 2 N–H and O–H groups in total. The fraction of sp³-hybridized carbons (Fsp3) is 0.435. The molecule has 4 rings (SSSR count). The monoisotopic (exact) mass is 407 g/mol. The van der Waals surface area contributed by atoms with Gasteiger partial charge in [-0.1, -0.05) is 30.3 Å². The van der Waals surface area contributed by atoms with Gasteiger partial charge in [-0.15, -0.1) is 0 Å². The number of carbonyl (C=O) groups is 2. The molecule has 158 valence electrons. The molecule has 0 saturated carbocycles. The molecule has 3 amide bonds. The molecule has 1 aromatic carbocycles. The van der Waals surface area contributed by atoms with Crippen molar-refractivity contribution in [2.45, 2.75) is 38.1 Å². The van der Waals surface area contributed by atoms with E-state index in [0.717, 1.165) is 63.2 Å². The van der Waals surface area contributed by atoms with Crippen molar-refractivity contribution in [1.82, 2.24) is 15.2 Å². The third kappa shape index (κ3) is 4.90. The van der Waals surface area contributed by atoms with E-state index < -0.39 is 6.04 Å². The highest BCUT2D eigenvalue weighted by Crippen LogP contribution is 2.26. The lowest BCUT2D eigenvalue weighted by atomic mass is 10.0. The van der Waals surface area contributed by atoms with Crippen LogP contribution in [0.3, 0.4) is 0 Å². The van der Waals surface area contributed by atoms with Crippen LogP contribution in [0, 0.1) is 0 Å². The maximum Gasteiger partial charge on any atom is 0.320 e. The van der Waals surface area contributed by atoms with Gasteiger partial charge in [0.15, 0.2) is 5.82 Å². The minimum Gasteiger partial charge on any atom is -0.355 e. The van der Waals surface area contributed by atoms with E-state index in [9.17, 15) is 9.59 Å². The zero-order chi connectivity index (χ0) is 20.8. The summed E-state index contributed by atoms with van der Waals surface area (Å²) in [7, 11) is 0. The summed E-state index contributed by atoms with van der Waals surface area (Å²) in [6.07, 6.45) is 6.51. The maximum atomic E-state index is 13.1. The van der Waals surface area contributed by atoms with Crippen LogP contribution in [-0.2, 0) is 11.2 Å². The summed E-state index contributed by atoms with van der Waals surface area (Å²) in [4.78, 5) is 34.4. The van der Waals surface area contributed by atoms with Crippen LogP contribution in [0.5, 0.6) is 0 Å². The molecule has 7 heteroatoms. The first-order chi connectivity index (χ1) is 14.7. The standard InChI is InChI=1S/C23H29N5O2/c29-22(28-15-6-7-16-28)20(17-18-9-2-1-3-10-18)26-23(30)25-19-11-8-12-24-21(19)27-13-4-5-14-27/h1-3,8-12,20H,4-7,13-17H2,(H2,25,26,30). The molecule has 2 fully saturated rings. The second-order valence-corrected chi connectivity index (χ2v) is 7.94. The van der Waals surface area contributed by atoms with Gasteiger partial charge >= 0.3 is 6.03 Å². The van der Waals surface area contributed by atoms with E-state index in [1.54, 1.807) is 6.20 Å². The van der Waals surface area contributed by atoms with Gasteiger partial charge in [0, 0.05) is 38.8 Å². The predicted molar refractivity (Wildman–Crippen MR) is 118 cm³/mol. The Kier molecular flexibility index (Phi) is 6.47. The number of nitrogens with one attached hydrogen (secondary N) is 2. The number of amides is 3. The molecule has 2 aromatic rings. The highest BCUT2D eigenvalue weighted by atomic mass is 16.2. The van der Waals surface area contributed by atoms with Crippen molar-refractivity contribution in [3.8, 4) is 0 Å². The van der Waals surface area contributed by atoms with Crippen molar-refractivity contribution >= 4 is 23.4 Å². The van der Waals surface area contributed by atoms with Crippen molar-refractivity contribution in [3.05, 3.63) is 54.2 Å². The zero-order valence-corrected chi connectivity index (χ0v) is 17.2. The lowest BCUT2D eigenvalue weighted by Crippen LogP contribution is -2.50. The topological polar surface area (TPSA) is 77.6 Å². The van der Waals surface area contributed by atoms with Crippen LogP contribution in [0.15, 0.2) is 48.7 Å². The number of hydrogen-bond donors (Lipinski definition) is 2. The van der Waals surface area contributed by atoms with Gasteiger partial charge < -0.3 is 20.4 Å². The maximum absolute atomic E-state index is 13.1. The van der Waals surface area contributed by atoms with Crippen LogP contribution in [-0.4, -0.2) is 54.0 Å². The van der Waals surface area contributed by atoms with Gasteiger partial charge in [0.25, 0.3) is 0 Å². The van der Waals surface area contributed by atoms with E-state index in [4.69, 9.17) is 0 Å². The Balaban J connectivity index is 1.47. The third-order valence-corrected chi connectivity index (χ3v) is 5.74. The molecular formula is C23H29N5O2. The van der Waals surface area contributed by atoms with Gasteiger partial charge in [-0.25, -0.2) is 9.78 Å². The lowest BCUT2D eigenvalue weighted by molar-refractivity contribution is -0.132. The summed E-state index contributed by atoms with van der Waals surface area (Å²) in [5.74, 6) is 0.771. The number of nitrogens with zero attached hydrogens (tertiary/aromatic N) is 3. The van der Waals surface area contributed by atoms with Crippen LogP contribution in [0.4, 0.5) is 16.3 Å². The van der Waals surface area contributed by atoms with E-state index >= 15 is 0 Å². The number of aromatic nitrogens is 1. The van der Waals surface area contributed by atoms with Gasteiger partial charge in [0.2, 0.25) is 5.91 Å². The number of hydrogen-bond acceptors (Lipinski definition) is 4. The largest absolute Gasteiger partial charge is 0.355 e. The third-order valence-electron chi connectivity index (χ3n) is 5.74. The molecule has 1 atom stereocenters. The van der Waals surface area contributed by atoms with E-state index in [-0.39, 0.29) is 11.9 Å². The summed E-state index contributed by atoms with van der Waals surface area (Å²) in [5.41, 5.74) is 1.69. The van der Waals surface area contributed by atoms with E-state index in [1.807, 2.05) is 47.4 Å². The number of likely N-dealkylation sites (tertiary alicyclic amines) is 1. The minimum absolute atomic E-state index is 0.0162. The van der Waals surface area contributed by atoms with Crippen LogP contribution in [0.2, 0.25) is 0 Å². The fourth-order valence-electron chi connectivity index (χ4n) is 4.20. The van der Waals surface area contributed by atoms with Crippen molar-refractivity contribution in [2.75, 3.05) is 36.4 Å². The summed E-state index contributed by atoms with van der Waals surface area (Å²) in [6.45, 7) is 3.40. The highest BCUT2D eigenvalue weighted by molar-refractivity contribution is 5.95. The first-order valence-electron chi connectivity index (χ1n) is 10.8. The van der Waals surface area contributed by atoms with Gasteiger partial charge in [-0.05, 0) is 43.4 Å². The zero-order valence-electron chi connectivity index (χ0n) is 17.2. The SMILES string of the molecule is O=C(Nc1cccnc1N1CCCC1)NC(Cc1ccccc1)C(=O)N1CCCC1. The second kappa shape index (κ2) is 9.61. The average Bonchev–Trinajstić information content (AvgIpc) is 3.48. The quantitative estimate of drug-likeness (QED) is 0.772. The number of anilines is 2. The Morgan fingerprint density at radius 1 is 0.933 bits per heavy atom. The lowest BCUT2D eigenvalue weighted by Gasteiger charge is -2.25. The van der Waals surface area contributed by atoms with E-state index in [2.05, 4.69) is 20.5 Å². The normalized spacial score (nSPS) is 17.1. The van der Waals surface area contributed by atoms with E-state index in [0.29, 0.717) is 12.1 Å². The molecule has 0 aliphatic carbocycles. The van der Waals surface area contributed by atoms with Crippen molar-refractivity contribution < 1.29 is 9.59 Å². The molecule has 0 spiro atoms. The van der Waals surface area contributed by atoms with Crippen LogP contribution < -0.4 is 15.5 Å². The molecule has 2 saturated heterocycles. The van der Waals surface area contributed by atoms with Crippen molar-refractivity contribution in [2.24, 2.45) is 0 Å². The summed E-state index contributed by atoms with van der Waals surface area (Å²) < 4.78 is 0. The summed E-state index contributed by atoms with van der Waals surface area (Å²) in [6, 6.07) is 12.5. The van der Waals surface area contributed by atoms with Crippen LogP contribution >= 0.6 is 0 Å². The minimum atomic E-state index is -0.600. The summed E-state index contributed by atoms with van der Waals surface area (Å²) in [5, 5.41) is 5.85. The molecule has 30 heavy (non-hydrogen) atoms. The Hall–Kier alpha value is -3.09. The molecule has 1 aromatic heterocycles. The fourth-order valence-corrected chi connectivity index (χ4v) is 4.20. The second-order valence-electron chi connectivity index (χ2n) is 7.94. The Bertz CT molecular complexity index is 861. The molecule has 7 nitrogen and oxygen atoms in total. The predicted octanol–water partition coefficient (Wildman–Crippen LogP) is 3.04. The highest BCUT2D eigenvalue weighted by Gasteiger charge is 2.28. The first-order valence-corrected chi connectivity index (χ1v) is 10.8. The molecule has 0 radical (unpaired) electrons. The van der Waals surface area contributed by atoms with E-state index in [1.165, 1.54) is 0 Å². The van der Waals surface area contributed by atoms with Crippen LogP contribution in [0.1, 0.15) is 31.2 Å². The average molecular weight is 408 g/mol. The molecular weight excluding hydrogens is 378 g/mol. The smallest absolute Gasteiger partial charge is 0.320 e. The van der Waals surface area contributed by atoms with Gasteiger partial charge in [-0.2, -0.15) is 0 Å². The molecule has 2 aliphatic heterocycles. The van der Waals surface area contributed by atoms with Gasteiger partial charge in [0.05, 0.1) is 5.69 Å². The van der Waals surface area contributed by atoms with Crippen LogP contribution in [0.25, 0.3) is 0 Å². The molecule has 3 heterocycles. The molecule has 1 unspecified atom stereocenters. The number of carbonyl (C=O) groups excluding carboxylic acids is 2. The first kappa shape index (κ1) is 20.2. The summed E-state index contributed by atoms with van der Waals surface area (Å²) >= 11 is 0. The Labute approximate surface area is 177 Å². The van der Waals surface area contributed by atoms with Gasteiger partial charge in [0.1, 0.15) is 6.04 Å². The number of pyridine rings is 1.